The number of rotatable bonds is 4. The minimum atomic E-state index is -0.00170. The number of nitrogens with one attached hydrogen (secondary N) is 1. The van der Waals surface area contributed by atoms with Crippen molar-refractivity contribution in [2.24, 2.45) is 0 Å². The van der Waals surface area contributed by atoms with Gasteiger partial charge in [-0.15, -0.1) is 0 Å². The molecule has 1 atom stereocenters. The SMILES string of the molecule is Cc1cnn(C2CCN(C(=O)NCc3ccccc3N3CCOCC3)C2)c1. The van der Waals surface area contributed by atoms with Crippen molar-refractivity contribution >= 4 is 11.7 Å². The van der Waals surface area contributed by atoms with E-state index in [1.54, 1.807) is 0 Å². The Balaban J connectivity index is 1.34. The van der Waals surface area contributed by atoms with Gasteiger partial charge in [-0.3, -0.25) is 4.68 Å². The lowest BCUT2D eigenvalue weighted by Gasteiger charge is -2.30. The number of ether oxygens (including phenoxy) is 1. The van der Waals surface area contributed by atoms with Gasteiger partial charge in [-0.25, -0.2) is 4.79 Å². The second kappa shape index (κ2) is 8.00. The number of amides is 2. The Hall–Kier alpha value is -2.54. The van der Waals surface area contributed by atoms with E-state index in [0.717, 1.165) is 50.4 Å². The Morgan fingerprint density at radius 1 is 1.26 bits per heavy atom. The molecule has 2 aromatic rings. The van der Waals surface area contributed by atoms with Gasteiger partial charge < -0.3 is 19.9 Å². The van der Waals surface area contributed by atoms with Crippen LogP contribution in [-0.2, 0) is 11.3 Å². The number of para-hydroxylation sites is 1. The van der Waals surface area contributed by atoms with Gasteiger partial charge in [-0.05, 0) is 30.5 Å². The third-order valence-corrected chi connectivity index (χ3v) is 5.33. The summed E-state index contributed by atoms with van der Waals surface area (Å²) in [5.41, 5.74) is 3.48. The summed E-state index contributed by atoms with van der Waals surface area (Å²) in [7, 11) is 0. The fourth-order valence-corrected chi connectivity index (χ4v) is 3.83. The van der Waals surface area contributed by atoms with E-state index in [4.69, 9.17) is 4.74 Å². The molecule has 1 aromatic carbocycles. The molecular weight excluding hydrogens is 342 g/mol. The summed E-state index contributed by atoms with van der Waals surface area (Å²) >= 11 is 0. The van der Waals surface area contributed by atoms with Crippen LogP contribution in [-0.4, -0.2) is 60.1 Å². The molecule has 3 heterocycles. The van der Waals surface area contributed by atoms with E-state index in [2.05, 4.69) is 27.4 Å². The zero-order valence-electron chi connectivity index (χ0n) is 15.8. The number of carbonyl (C=O) groups excluding carboxylic acids is 1. The van der Waals surface area contributed by atoms with Crippen molar-refractivity contribution in [3.05, 3.63) is 47.8 Å². The molecule has 0 bridgehead atoms. The van der Waals surface area contributed by atoms with Gasteiger partial charge >= 0.3 is 6.03 Å². The summed E-state index contributed by atoms with van der Waals surface area (Å²) in [6, 6.07) is 8.55. The van der Waals surface area contributed by atoms with Crippen molar-refractivity contribution in [3.63, 3.8) is 0 Å². The molecular formula is C20H27N5O2. The molecule has 7 heteroatoms. The zero-order chi connectivity index (χ0) is 18.6. The lowest BCUT2D eigenvalue weighted by atomic mass is 10.1. The number of likely N-dealkylation sites (tertiary alicyclic amines) is 1. The van der Waals surface area contributed by atoms with E-state index < -0.39 is 0 Å². The highest BCUT2D eigenvalue weighted by Crippen LogP contribution is 2.23. The van der Waals surface area contributed by atoms with E-state index in [1.165, 1.54) is 5.69 Å². The Morgan fingerprint density at radius 3 is 2.85 bits per heavy atom. The van der Waals surface area contributed by atoms with Crippen molar-refractivity contribution in [1.82, 2.24) is 20.0 Å². The monoisotopic (exact) mass is 369 g/mol. The molecule has 4 rings (SSSR count). The molecule has 0 aliphatic carbocycles. The average Bonchev–Trinajstić information content (AvgIpc) is 3.36. The number of aromatic nitrogens is 2. The molecule has 0 radical (unpaired) electrons. The van der Waals surface area contributed by atoms with E-state index in [-0.39, 0.29) is 12.1 Å². The number of nitrogens with zero attached hydrogens (tertiary/aromatic N) is 4. The topological polar surface area (TPSA) is 62.6 Å². The molecule has 1 unspecified atom stereocenters. The molecule has 2 fully saturated rings. The zero-order valence-corrected chi connectivity index (χ0v) is 15.8. The summed E-state index contributed by atoms with van der Waals surface area (Å²) in [5.74, 6) is 0. The highest BCUT2D eigenvalue weighted by atomic mass is 16.5. The van der Waals surface area contributed by atoms with Crippen LogP contribution in [0.15, 0.2) is 36.7 Å². The Kier molecular flexibility index (Phi) is 5.29. The minimum Gasteiger partial charge on any atom is -0.378 e. The molecule has 2 saturated heterocycles. The largest absolute Gasteiger partial charge is 0.378 e. The first-order valence-electron chi connectivity index (χ1n) is 9.65. The van der Waals surface area contributed by atoms with Crippen LogP contribution < -0.4 is 10.2 Å². The second-order valence-electron chi connectivity index (χ2n) is 7.27. The summed E-state index contributed by atoms with van der Waals surface area (Å²) < 4.78 is 7.43. The van der Waals surface area contributed by atoms with Gasteiger partial charge in [0.2, 0.25) is 0 Å². The van der Waals surface area contributed by atoms with Crippen LogP contribution in [0.25, 0.3) is 0 Å². The molecule has 1 N–H and O–H groups in total. The van der Waals surface area contributed by atoms with Crippen LogP contribution in [0, 0.1) is 6.92 Å². The van der Waals surface area contributed by atoms with E-state index >= 15 is 0 Å². The maximum Gasteiger partial charge on any atom is 0.317 e. The fraction of sp³-hybridized carbons (Fsp3) is 0.500. The Labute approximate surface area is 159 Å². The van der Waals surface area contributed by atoms with Crippen molar-refractivity contribution in [2.45, 2.75) is 25.9 Å². The molecule has 1 aromatic heterocycles. The third kappa shape index (κ3) is 4.08. The number of hydrogen-bond donors (Lipinski definition) is 1. The lowest BCUT2D eigenvalue weighted by Crippen LogP contribution is -2.39. The van der Waals surface area contributed by atoms with Gasteiger partial charge in [-0.2, -0.15) is 5.10 Å². The predicted octanol–water partition coefficient (Wildman–Crippen LogP) is 2.18. The molecule has 2 aliphatic heterocycles. The summed E-state index contributed by atoms with van der Waals surface area (Å²) in [6.07, 6.45) is 4.86. The number of aryl methyl sites for hydroxylation is 1. The van der Waals surface area contributed by atoms with Crippen molar-refractivity contribution in [3.8, 4) is 0 Å². The first kappa shape index (κ1) is 17.9. The normalized spacial score (nSPS) is 20.1. The highest BCUT2D eigenvalue weighted by molar-refractivity contribution is 5.74. The lowest BCUT2D eigenvalue weighted by molar-refractivity contribution is 0.122. The number of carbonyl (C=O) groups is 1. The first-order chi connectivity index (χ1) is 13.2. The molecule has 0 spiro atoms. The smallest absolute Gasteiger partial charge is 0.317 e. The quantitative estimate of drug-likeness (QED) is 0.897. The summed E-state index contributed by atoms with van der Waals surface area (Å²) in [5, 5.41) is 7.49. The summed E-state index contributed by atoms with van der Waals surface area (Å²) in [6.45, 7) is 7.33. The van der Waals surface area contributed by atoms with E-state index in [1.807, 2.05) is 41.0 Å². The third-order valence-electron chi connectivity index (χ3n) is 5.33. The second-order valence-corrected chi connectivity index (χ2v) is 7.27. The van der Waals surface area contributed by atoms with E-state index in [9.17, 15) is 4.79 Å². The number of urea groups is 1. The number of benzene rings is 1. The molecule has 2 aliphatic rings. The number of anilines is 1. The van der Waals surface area contributed by atoms with Gasteiger partial charge in [0.05, 0.1) is 25.5 Å². The van der Waals surface area contributed by atoms with E-state index in [0.29, 0.717) is 13.1 Å². The number of morpholine rings is 1. The molecule has 7 nitrogen and oxygen atoms in total. The molecule has 27 heavy (non-hydrogen) atoms. The van der Waals surface area contributed by atoms with Crippen molar-refractivity contribution in [1.29, 1.82) is 0 Å². The summed E-state index contributed by atoms with van der Waals surface area (Å²) in [4.78, 5) is 16.9. The average molecular weight is 369 g/mol. The number of hydrogen-bond acceptors (Lipinski definition) is 4. The fourth-order valence-electron chi connectivity index (χ4n) is 3.83. The molecule has 2 amide bonds. The van der Waals surface area contributed by atoms with Crippen LogP contribution >= 0.6 is 0 Å². The van der Waals surface area contributed by atoms with Gasteiger partial charge in [0, 0.05) is 44.6 Å². The maximum absolute atomic E-state index is 12.6. The van der Waals surface area contributed by atoms with Crippen LogP contribution in [0.3, 0.4) is 0 Å². The van der Waals surface area contributed by atoms with Crippen LogP contribution in [0.2, 0.25) is 0 Å². The molecule has 0 saturated carbocycles. The van der Waals surface area contributed by atoms with Gasteiger partial charge in [0.15, 0.2) is 0 Å². The Bertz CT molecular complexity index is 784. The minimum absolute atomic E-state index is 0.00170. The predicted molar refractivity (Wildman–Crippen MR) is 104 cm³/mol. The van der Waals surface area contributed by atoms with Crippen LogP contribution in [0.5, 0.6) is 0 Å². The highest BCUT2D eigenvalue weighted by Gasteiger charge is 2.27. The van der Waals surface area contributed by atoms with Gasteiger partial charge in [-0.1, -0.05) is 18.2 Å². The standard InChI is InChI=1S/C20H27N5O2/c1-16-12-22-25(14-16)18-6-7-24(15-18)20(26)21-13-17-4-2-3-5-19(17)23-8-10-27-11-9-23/h2-5,12,14,18H,6-11,13,15H2,1H3,(H,21,26). The first-order valence-corrected chi connectivity index (χ1v) is 9.65. The van der Waals surface area contributed by atoms with Gasteiger partial charge in [0.25, 0.3) is 0 Å². The van der Waals surface area contributed by atoms with Crippen molar-refractivity contribution < 1.29 is 9.53 Å². The van der Waals surface area contributed by atoms with Gasteiger partial charge in [0.1, 0.15) is 0 Å². The van der Waals surface area contributed by atoms with Crippen LogP contribution in [0.4, 0.5) is 10.5 Å². The Morgan fingerprint density at radius 2 is 2.07 bits per heavy atom. The van der Waals surface area contributed by atoms with Crippen LogP contribution in [0.1, 0.15) is 23.6 Å². The van der Waals surface area contributed by atoms with Crippen molar-refractivity contribution in [2.75, 3.05) is 44.3 Å². The molecule has 144 valence electrons. The maximum atomic E-state index is 12.6.